The van der Waals surface area contributed by atoms with Crippen LogP contribution in [0.4, 0.5) is 0 Å². The second-order valence-electron chi connectivity index (χ2n) is 6.29. The number of hydrogen-bond acceptors (Lipinski definition) is 4. The highest BCUT2D eigenvalue weighted by Crippen LogP contribution is 2.18. The molecule has 1 aromatic carbocycles. The van der Waals surface area contributed by atoms with Crippen molar-refractivity contribution in [3.8, 4) is 5.75 Å². The maximum absolute atomic E-state index is 10.1. The number of β-amino-alcohol motifs (C(OH)–C–C–N with tert-alkyl or cyclic N) is 1. The second-order valence-corrected chi connectivity index (χ2v) is 6.29. The molecule has 1 unspecified atom stereocenters. The molecule has 0 aromatic heterocycles. The van der Waals surface area contributed by atoms with Crippen molar-refractivity contribution in [1.29, 1.82) is 0 Å². The van der Waals surface area contributed by atoms with Gasteiger partial charge in [0.05, 0.1) is 0 Å². The molecule has 0 spiro atoms. The highest BCUT2D eigenvalue weighted by molar-refractivity contribution is 5.28. The molecule has 1 fully saturated rings. The topological polar surface area (TPSA) is 35.9 Å². The van der Waals surface area contributed by atoms with Gasteiger partial charge in [-0.2, -0.15) is 0 Å². The van der Waals surface area contributed by atoms with Gasteiger partial charge >= 0.3 is 0 Å². The van der Waals surface area contributed by atoms with Gasteiger partial charge in [-0.15, -0.1) is 0 Å². The molecule has 2 rings (SSSR count). The number of nitrogens with zero attached hydrogens (tertiary/aromatic N) is 2. The minimum Gasteiger partial charge on any atom is -0.491 e. The monoisotopic (exact) mass is 292 g/mol. The zero-order valence-electron chi connectivity index (χ0n) is 13.5. The Labute approximate surface area is 128 Å². The molecule has 0 aliphatic carbocycles. The quantitative estimate of drug-likeness (QED) is 0.867. The predicted octanol–water partition coefficient (Wildman–Crippen LogP) is 1.80. The largest absolute Gasteiger partial charge is 0.491 e. The molecule has 0 bridgehead atoms. The number of rotatable bonds is 6. The Morgan fingerprint density at radius 3 is 2.29 bits per heavy atom. The average molecular weight is 292 g/mol. The first-order valence-corrected chi connectivity index (χ1v) is 7.86. The summed E-state index contributed by atoms with van der Waals surface area (Å²) in [6.45, 7) is 9.60. The summed E-state index contributed by atoms with van der Waals surface area (Å²) < 4.78 is 5.68. The maximum atomic E-state index is 10.1. The summed E-state index contributed by atoms with van der Waals surface area (Å²) in [5, 5.41) is 10.1. The predicted molar refractivity (Wildman–Crippen MR) is 86.0 cm³/mol. The van der Waals surface area contributed by atoms with Crippen LogP contribution < -0.4 is 4.74 Å². The molecule has 4 nitrogen and oxygen atoms in total. The summed E-state index contributed by atoms with van der Waals surface area (Å²) in [6, 6.07) is 8.15. The second kappa shape index (κ2) is 7.78. The van der Waals surface area contributed by atoms with Gasteiger partial charge < -0.3 is 14.7 Å². The van der Waals surface area contributed by atoms with Crippen LogP contribution in [0, 0.1) is 0 Å². The van der Waals surface area contributed by atoms with Crippen molar-refractivity contribution in [3.05, 3.63) is 29.8 Å². The number of ether oxygens (including phenoxy) is 1. The Kier molecular flexibility index (Phi) is 6.03. The standard InChI is InChI=1S/C17H28N2O2/c1-14(2)15-4-6-17(7-5-15)21-13-16(20)12-19-10-8-18(3)9-11-19/h4-7,14,16,20H,8-13H2,1-3H3. The van der Waals surface area contributed by atoms with Gasteiger partial charge in [-0.05, 0) is 30.7 Å². The third-order valence-electron chi connectivity index (χ3n) is 4.05. The van der Waals surface area contributed by atoms with E-state index in [4.69, 9.17) is 4.74 Å². The Morgan fingerprint density at radius 2 is 1.71 bits per heavy atom. The molecule has 1 N–H and O–H groups in total. The van der Waals surface area contributed by atoms with Gasteiger partial charge in [-0.25, -0.2) is 0 Å². The van der Waals surface area contributed by atoms with Gasteiger partial charge in [0.2, 0.25) is 0 Å². The summed E-state index contributed by atoms with van der Waals surface area (Å²) in [6.07, 6.45) is -0.432. The Hall–Kier alpha value is -1.10. The van der Waals surface area contributed by atoms with E-state index >= 15 is 0 Å². The fourth-order valence-electron chi connectivity index (χ4n) is 2.52. The van der Waals surface area contributed by atoms with Crippen LogP contribution >= 0.6 is 0 Å². The van der Waals surface area contributed by atoms with E-state index < -0.39 is 6.10 Å². The molecule has 0 amide bonds. The summed E-state index contributed by atoms with van der Waals surface area (Å²) in [5.41, 5.74) is 1.31. The van der Waals surface area contributed by atoms with E-state index in [1.54, 1.807) is 0 Å². The molecule has 1 atom stereocenters. The van der Waals surface area contributed by atoms with Crippen LogP contribution in [0.1, 0.15) is 25.3 Å². The molecular formula is C17H28N2O2. The summed E-state index contributed by atoms with van der Waals surface area (Å²) in [5.74, 6) is 1.36. The van der Waals surface area contributed by atoms with Crippen molar-refractivity contribution in [1.82, 2.24) is 9.80 Å². The van der Waals surface area contributed by atoms with Crippen molar-refractivity contribution in [2.75, 3.05) is 46.4 Å². The van der Waals surface area contributed by atoms with Crippen molar-refractivity contribution >= 4 is 0 Å². The third-order valence-corrected chi connectivity index (χ3v) is 4.05. The van der Waals surface area contributed by atoms with Crippen molar-refractivity contribution in [2.45, 2.75) is 25.9 Å². The van der Waals surface area contributed by atoms with Crippen LogP contribution in [-0.2, 0) is 0 Å². The lowest BCUT2D eigenvalue weighted by molar-refractivity contribution is 0.0505. The fourth-order valence-corrected chi connectivity index (χ4v) is 2.52. The lowest BCUT2D eigenvalue weighted by atomic mass is 10.0. The molecule has 0 radical (unpaired) electrons. The summed E-state index contributed by atoms with van der Waals surface area (Å²) in [4.78, 5) is 4.62. The van der Waals surface area contributed by atoms with Gasteiger partial charge in [0.15, 0.2) is 0 Å². The molecule has 4 heteroatoms. The first-order valence-electron chi connectivity index (χ1n) is 7.86. The minimum absolute atomic E-state index is 0.355. The number of benzene rings is 1. The van der Waals surface area contributed by atoms with Gasteiger partial charge in [0.1, 0.15) is 18.5 Å². The van der Waals surface area contributed by atoms with Gasteiger partial charge in [-0.3, -0.25) is 4.90 Å². The number of likely N-dealkylation sites (N-methyl/N-ethyl adjacent to an activating group) is 1. The lowest BCUT2D eigenvalue weighted by Crippen LogP contribution is -2.47. The van der Waals surface area contributed by atoms with E-state index in [1.807, 2.05) is 12.1 Å². The molecule has 1 aliphatic heterocycles. The number of hydrogen-bond donors (Lipinski definition) is 1. The third kappa shape index (κ3) is 5.30. The van der Waals surface area contributed by atoms with Crippen molar-refractivity contribution in [2.24, 2.45) is 0 Å². The summed E-state index contributed by atoms with van der Waals surface area (Å²) >= 11 is 0. The van der Waals surface area contributed by atoms with Crippen molar-refractivity contribution in [3.63, 3.8) is 0 Å². The SMILES string of the molecule is CC(C)c1ccc(OCC(O)CN2CCN(C)CC2)cc1. The zero-order chi connectivity index (χ0) is 15.2. The van der Waals surface area contributed by atoms with Gasteiger partial charge in [0, 0.05) is 32.7 Å². The molecule has 0 saturated carbocycles. The average Bonchev–Trinajstić information content (AvgIpc) is 2.48. The Balaban J connectivity index is 1.72. The van der Waals surface area contributed by atoms with E-state index in [-0.39, 0.29) is 0 Å². The van der Waals surface area contributed by atoms with Crippen LogP contribution in [0.2, 0.25) is 0 Å². The number of aliphatic hydroxyl groups is 1. The van der Waals surface area contributed by atoms with E-state index in [0.29, 0.717) is 19.1 Å². The summed E-state index contributed by atoms with van der Waals surface area (Å²) in [7, 11) is 2.14. The zero-order valence-corrected chi connectivity index (χ0v) is 13.5. The van der Waals surface area contributed by atoms with Crippen LogP contribution in [0.25, 0.3) is 0 Å². The van der Waals surface area contributed by atoms with Gasteiger partial charge in [0.25, 0.3) is 0 Å². The van der Waals surface area contributed by atoms with Crippen LogP contribution in [0.5, 0.6) is 5.75 Å². The molecule has 1 saturated heterocycles. The fraction of sp³-hybridized carbons (Fsp3) is 0.647. The molecule has 1 heterocycles. The van der Waals surface area contributed by atoms with Crippen LogP contribution in [0.3, 0.4) is 0 Å². The Bertz CT molecular complexity index is 411. The van der Waals surface area contributed by atoms with E-state index in [0.717, 1.165) is 31.9 Å². The Morgan fingerprint density at radius 1 is 1.10 bits per heavy atom. The number of aliphatic hydroxyl groups excluding tert-OH is 1. The molecule has 21 heavy (non-hydrogen) atoms. The number of piperazine rings is 1. The first-order chi connectivity index (χ1) is 10.0. The normalized spacial score (nSPS) is 18.9. The smallest absolute Gasteiger partial charge is 0.119 e. The van der Waals surface area contributed by atoms with Crippen LogP contribution in [-0.4, -0.2) is 67.4 Å². The molecular weight excluding hydrogens is 264 g/mol. The maximum Gasteiger partial charge on any atom is 0.119 e. The first kappa shape index (κ1) is 16.3. The van der Waals surface area contributed by atoms with Crippen LogP contribution in [0.15, 0.2) is 24.3 Å². The molecule has 1 aromatic rings. The van der Waals surface area contributed by atoms with Crippen molar-refractivity contribution < 1.29 is 9.84 Å². The highest BCUT2D eigenvalue weighted by atomic mass is 16.5. The van der Waals surface area contributed by atoms with E-state index in [1.165, 1.54) is 5.56 Å². The van der Waals surface area contributed by atoms with E-state index in [2.05, 4.69) is 42.8 Å². The molecule has 1 aliphatic rings. The molecule has 118 valence electrons. The van der Waals surface area contributed by atoms with E-state index in [9.17, 15) is 5.11 Å². The highest BCUT2D eigenvalue weighted by Gasteiger charge is 2.17. The lowest BCUT2D eigenvalue weighted by Gasteiger charge is -2.33. The van der Waals surface area contributed by atoms with Gasteiger partial charge in [-0.1, -0.05) is 26.0 Å². The minimum atomic E-state index is -0.432.